The fourth-order valence-corrected chi connectivity index (χ4v) is 2.94. The summed E-state index contributed by atoms with van der Waals surface area (Å²) in [6.45, 7) is 7.03. The number of benzene rings is 1. The van der Waals surface area contributed by atoms with Crippen LogP contribution in [0, 0.1) is 13.8 Å². The van der Waals surface area contributed by atoms with Crippen LogP contribution in [0.15, 0.2) is 18.2 Å². The van der Waals surface area contributed by atoms with Crippen molar-refractivity contribution >= 4 is 0 Å². The predicted molar refractivity (Wildman–Crippen MR) is 73.7 cm³/mol. The third-order valence-corrected chi connectivity index (χ3v) is 4.15. The minimum Gasteiger partial charge on any atom is -0.385 e. The van der Waals surface area contributed by atoms with Crippen LogP contribution >= 0.6 is 0 Å². The van der Waals surface area contributed by atoms with Crippen LogP contribution in [0.25, 0.3) is 0 Å². The van der Waals surface area contributed by atoms with Gasteiger partial charge in [-0.25, -0.2) is 0 Å². The fourth-order valence-electron chi connectivity index (χ4n) is 2.94. The summed E-state index contributed by atoms with van der Waals surface area (Å²) in [7, 11) is 0. The molecule has 0 bridgehead atoms. The minimum atomic E-state index is -0.700. The third kappa shape index (κ3) is 2.60. The monoisotopic (exact) mass is 248 g/mol. The Labute approximate surface area is 110 Å². The second-order valence-corrected chi connectivity index (χ2v) is 5.51. The van der Waals surface area contributed by atoms with Crippen LogP contribution < -0.4 is 0 Å². The van der Waals surface area contributed by atoms with Crippen LogP contribution in [0.5, 0.6) is 0 Å². The molecule has 2 heteroatoms. The van der Waals surface area contributed by atoms with Crippen LogP contribution in [0.4, 0.5) is 0 Å². The van der Waals surface area contributed by atoms with Crippen molar-refractivity contribution in [2.45, 2.75) is 58.2 Å². The molecule has 1 aliphatic rings. The molecule has 18 heavy (non-hydrogen) atoms. The van der Waals surface area contributed by atoms with E-state index in [2.05, 4.69) is 32.9 Å². The second-order valence-electron chi connectivity index (χ2n) is 5.51. The lowest BCUT2D eigenvalue weighted by atomic mass is 9.80. The molecule has 2 rings (SSSR count). The molecule has 2 atom stereocenters. The Hall–Kier alpha value is -0.860. The molecule has 0 aromatic heterocycles. The van der Waals surface area contributed by atoms with Gasteiger partial charge in [0.05, 0.1) is 18.3 Å². The lowest BCUT2D eigenvalue weighted by Gasteiger charge is -2.38. The number of ether oxygens (including phenoxy) is 1. The molecule has 1 saturated heterocycles. The van der Waals surface area contributed by atoms with Gasteiger partial charge in [0.1, 0.15) is 0 Å². The maximum atomic E-state index is 11.0. The smallest absolute Gasteiger partial charge is 0.0945 e. The maximum absolute atomic E-state index is 11.0. The van der Waals surface area contributed by atoms with E-state index in [9.17, 15) is 5.11 Å². The molecule has 1 aliphatic heterocycles. The van der Waals surface area contributed by atoms with Crippen molar-refractivity contribution in [2.75, 3.05) is 6.61 Å². The molecule has 1 aromatic rings. The Morgan fingerprint density at radius 2 is 2.17 bits per heavy atom. The highest BCUT2D eigenvalue weighted by Gasteiger charge is 2.37. The summed E-state index contributed by atoms with van der Waals surface area (Å²) < 4.78 is 5.75. The Morgan fingerprint density at radius 3 is 2.89 bits per heavy atom. The lowest BCUT2D eigenvalue weighted by molar-refractivity contribution is -0.110. The minimum absolute atomic E-state index is 0.202. The molecule has 0 radical (unpaired) electrons. The second kappa shape index (κ2) is 5.41. The lowest BCUT2D eigenvalue weighted by Crippen LogP contribution is -2.39. The predicted octanol–water partition coefficient (Wildman–Crippen LogP) is 3.47. The van der Waals surface area contributed by atoms with Crippen molar-refractivity contribution < 1.29 is 9.84 Å². The summed E-state index contributed by atoms with van der Waals surface area (Å²) in [5.74, 6) is 0. The number of aryl methyl sites for hydroxylation is 1. The quantitative estimate of drug-likeness (QED) is 0.887. The van der Waals surface area contributed by atoms with E-state index in [0.29, 0.717) is 13.0 Å². The highest BCUT2D eigenvalue weighted by molar-refractivity contribution is 5.37. The first-order chi connectivity index (χ1) is 8.57. The Balaban J connectivity index is 2.27. The van der Waals surface area contributed by atoms with Crippen molar-refractivity contribution in [2.24, 2.45) is 0 Å². The molecule has 0 aliphatic carbocycles. The van der Waals surface area contributed by atoms with Gasteiger partial charge in [0.15, 0.2) is 0 Å². The standard InChI is InChI=1S/C16H24O2/c1-4-6-14-11-16(17,9-10-18-14)15-8-5-7-12(2)13(15)3/h5,7-8,14,17H,4,6,9-11H2,1-3H3. The first kappa shape index (κ1) is 13.6. The number of hydrogen-bond donors (Lipinski definition) is 1. The first-order valence-corrected chi connectivity index (χ1v) is 6.97. The van der Waals surface area contributed by atoms with Crippen LogP contribution in [-0.4, -0.2) is 17.8 Å². The number of rotatable bonds is 3. The number of aliphatic hydroxyl groups is 1. The van der Waals surface area contributed by atoms with E-state index in [1.54, 1.807) is 0 Å². The topological polar surface area (TPSA) is 29.5 Å². The summed E-state index contributed by atoms with van der Waals surface area (Å²) >= 11 is 0. The Morgan fingerprint density at radius 1 is 1.39 bits per heavy atom. The molecule has 1 aromatic carbocycles. The van der Waals surface area contributed by atoms with Crippen LogP contribution in [0.1, 0.15) is 49.3 Å². The molecule has 1 heterocycles. The molecule has 0 saturated carbocycles. The van der Waals surface area contributed by atoms with E-state index in [-0.39, 0.29) is 6.10 Å². The Bertz CT molecular complexity index is 412. The van der Waals surface area contributed by atoms with Gasteiger partial charge in [0.25, 0.3) is 0 Å². The van der Waals surface area contributed by atoms with Gasteiger partial charge in [-0.3, -0.25) is 0 Å². The van der Waals surface area contributed by atoms with E-state index in [1.807, 2.05) is 6.07 Å². The van der Waals surface area contributed by atoms with Gasteiger partial charge in [-0.15, -0.1) is 0 Å². The Kier molecular flexibility index (Phi) is 4.08. The highest BCUT2D eigenvalue weighted by Crippen LogP contribution is 2.38. The van der Waals surface area contributed by atoms with E-state index >= 15 is 0 Å². The van der Waals surface area contributed by atoms with Crippen molar-refractivity contribution in [3.8, 4) is 0 Å². The zero-order chi connectivity index (χ0) is 13.2. The zero-order valence-corrected chi connectivity index (χ0v) is 11.7. The van der Waals surface area contributed by atoms with Gasteiger partial charge in [0, 0.05) is 12.8 Å². The summed E-state index contributed by atoms with van der Waals surface area (Å²) in [4.78, 5) is 0. The average Bonchev–Trinajstić information content (AvgIpc) is 2.33. The molecule has 0 amide bonds. The van der Waals surface area contributed by atoms with Crippen molar-refractivity contribution in [3.63, 3.8) is 0 Å². The van der Waals surface area contributed by atoms with Crippen molar-refractivity contribution in [3.05, 3.63) is 34.9 Å². The molecule has 2 unspecified atom stereocenters. The van der Waals surface area contributed by atoms with Gasteiger partial charge < -0.3 is 9.84 Å². The van der Waals surface area contributed by atoms with Crippen LogP contribution in [-0.2, 0) is 10.3 Å². The van der Waals surface area contributed by atoms with Gasteiger partial charge in [-0.1, -0.05) is 31.5 Å². The normalized spacial score (nSPS) is 28.3. The summed E-state index contributed by atoms with van der Waals surface area (Å²) in [5.41, 5.74) is 2.86. The van der Waals surface area contributed by atoms with Crippen LogP contribution in [0.3, 0.4) is 0 Å². The molecule has 100 valence electrons. The SMILES string of the molecule is CCCC1CC(O)(c2cccc(C)c2C)CCO1. The molecule has 2 nitrogen and oxygen atoms in total. The van der Waals surface area contributed by atoms with E-state index in [1.165, 1.54) is 11.1 Å². The molecular weight excluding hydrogens is 224 g/mol. The van der Waals surface area contributed by atoms with Gasteiger partial charge >= 0.3 is 0 Å². The zero-order valence-electron chi connectivity index (χ0n) is 11.7. The van der Waals surface area contributed by atoms with E-state index in [0.717, 1.165) is 24.8 Å². The third-order valence-electron chi connectivity index (χ3n) is 4.15. The largest absolute Gasteiger partial charge is 0.385 e. The fraction of sp³-hybridized carbons (Fsp3) is 0.625. The van der Waals surface area contributed by atoms with Gasteiger partial charge in [0.2, 0.25) is 0 Å². The molecule has 0 spiro atoms. The van der Waals surface area contributed by atoms with Crippen molar-refractivity contribution in [1.29, 1.82) is 0 Å². The molecule has 1 N–H and O–H groups in total. The highest BCUT2D eigenvalue weighted by atomic mass is 16.5. The van der Waals surface area contributed by atoms with Crippen molar-refractivity contribution in [1.82, 2.24) is 0 Å². The summed E-state index contributed by atoms with van der Waals surface area (Å²) in [6, 6.07) is 6.21. The first-order valence-electron chi connectivity index (χ1n) is 6.97. The number of hydrogen-bond acceptors (Lipinski definition) is 2. The average molecular weight is 248 g/mol. The van der Waals surface area contributed by atoms with Gasteiger partial charge in [-0.2, -0.15) is 0 Å². The summed E-state index contributed by atoms with van der Waals surface area (Å²) in [5, 5.41) is 11.0. The maximum Gasteiger partial charge on any atom is 0.0945 e. The van der Waals surface area contributed by atoms with Gasteiger partial charge in [-0.05, 0) is 37.0 Å². The van der Waals surface area contributed by atoms with E-state index in [4.69, 9.17) is 4.74 Å². The molecular formula is C16H24O2. The molecule has 1 fully saturated rings. The van der Waals surface area contributed by atoms with E-state index < -0.39 is 5.60 Å². The van der Waals surface area contributed by atoms with Crippen LogP contribution in [0.2, 0.25) is 0 Å². The summed E-state index contributed by atoms with van der Waals surface area (Å²) in [6.07, 6.45) is 3.78.